The molecule has 0 fully saturated rings. The number of rotatable bonds is 5. The zero-order valence-electron chi connectivity index (χ0n) is 30.5. The third-order valence-corrected chi connectivity index (χ3v) is 12.5. The minimum atomic E-state index is 0.130. The highest BCUT2D eigenvalue weighted by molar-refractivity contribution is 7.20. The maximum Gasteiger partial charge on any atom is 0.167 e. The molecule has 4 aromatic heterocycles. The van der Waals surface area contributed by atoms with E-state index in [4.69, 9.17) is 23.8 Å². The highest BCUT2D eigenvalue weighted by atomic mass is 32.1. The number of fused-ring (bicyclic) bond motifs is 9. The van der Waals surface area contributed by atoms with Crippen molar-refractivity contribution in [1.82, 2.24) is 15.0 Å². The Kier molecular flexibility index (Phi) is 7.16. The van der Waals surface area contributed by atoms with Gasteiger partial charge in [-0.25, -0.2) is 15.0 Å². The van der Waals surface area contributed by atoms with Gasteiger partial charge in [0.15, 0.2) is 17.5 Å². The van der Waals surface area contributed by atoms with Crippen LogP contribution in [-0.4, -0.2) is 15.0 Å². The molecule has 7 aromatic carbocycles. The summed E-state index contributed by atoms with van der Waals surface area (Å²) < 4.78 is 14.5. The molecule has 57 heavy (non-hydrogen) atoms. The van der Waals surface area contributed by atoms with Crippen molar-refractivity contribution in [2.24, 2.45) is 0 Å². The first-order chi connectivity index (χ1) is 28.2. The Morgan fingerprint density at radius 3 is 2.04 bits per heavy atom. The Morgan fingerprint density at radius 2 is 1.16 bits per heavy atom. The van der Waals surface area contributed by atoms with Crippen molar-refractivity contribution in [3.63, 3.8) is 0 Å². The van der Waals surface area contributed by atoms with Crippen LogP contribution in [0, 0.1) is 0 Å². The number of benzene rings is 7. The Balaban J connectivity index is 1.14. The Bertz CT molecular complexity index is 3410. The molecule has 12 rings (SSSR count). The zero-order valence-corrected chi connectivity index (χ0v) is 31.3. The smallest absolute Gasteiger partial charge is 0.167 e. The van der Waals surface area contributed by atoms with Crippen molar-refractivity contribution in [3.8, 4) is 45.3 Å². The average Bonchev–Trinajstić information content (AvgIpc) is 3.97. The number of furan rings is 2. The monoisotopic (exact) mass is 749 g/mol. The number of allylic oxidation sites excluding steroid dienone is 1. The molecule has 1 aliphatic rings. The molecule has 6 heteroatoms. The highest BCUT2D eigenvalue weighted by Crippen LogP contribution is 2.47. The lowest BCUT2D eigenvalue weighted by atomic mass is 9.83. The van der Waals surface area contributed by atoms with Crippen LogP contribution in [-0.2, 0) is 0 Å². The van der Waals surface area contributed by atoms with Crippen LogP contribution in [0.25, 0.3) is 105 Å². The second-order valence-corrected chi connectivity index (χ2v) is 15.7. The zero-order chi connectivity index (χ0) is 37.5. The van der Waals surface area contributed by atoms with Crippen LogP contribution in [0.2, 0.25) is 0 Å². The normalized spacial score (nSPS) is 14.0. The Hall–Kier alpha value is -7.15. The second-order valence-electron chi connectivity index (χ2n) is 14.6. The molecule has 1 aliphatic carbocycles. The molecular weight excluding hydrogens is 719 g/mol. The minimum absolute atomic E-state index is 0.130. The second kappa shape index (κ2) is 12.7. The van der Waals surface area contributed by atoms with E-state index >= 15 is 0 Å². The first-order valence-electron chi connectivity index (χ1n) is 19.2. The van der Waals surface area contributed by atoms with Gasteiger partial charge in [0.2, 0.25) is 0 Å². The lowest BCUT2D eigenvalue weighted by Crippen LogP contribution is -2.05. The van der Waals surface area contributed by atoms with E-state index in [2.05, 4.69) is 127 Å². The summed E-state index contributed by atoms with van der Waals surface area (Å²) in [6.07, 6.45) is 5.47. The molecular formula is C51H31N3O2S. The SMILES string of the molecule is C1=Cc2sc3ccccc3c2C(c2cc(-c3nc(-c4cccc(-c5ccccc5)c4)nc(-c4cccc5c4oc4ccccc45)n3)c3c(c2)oc2ccccc23)C1. The van der Waals surface area contributed by atoms with E-state index < -0.39 is 0 Å². The predicted molar refractivity (Wildman–Crippen MR) is 233 cm³/mol. The number of aromatic nitrogens is 3. The first-order valence-corrected chi connectivity index (χ1v) is 20.0. The van der Waals surface area contributed by atoms with Crippen LogP contribution in [0.3, 0.4) is 0 Å². The maximum absolute atomic E-state index is 6.69. The summed E-state index contributed by atoms with van der Waals surface area (Å²) in [6.45, 7) is 0. The van der Waals surface area contributed by atoms with Gasteiger partial charge in [-0.1, -0.05) is 121 Å². The van der Waals surface area contributed by atoms with Crippen molar-refractivity contribution in [3.05, 3.63) is 180 Å². The fourth-order valence-corrected chi connectivity index (χ4v) is 9.89. The number of para-hydroxylation sites is 3. The first kappa shape index (κ1) is 32.1. The summed E-state index contributed by atoms with van der Waals surface area (Å²) in [5.41, 5.74) is 10.6. The lowest BCUT2D eigenvalue weighted by Gasteiger charge is -2.21. The number of thiophene rings is 1. The molecule has 268 valence electrons. The van der Waals surface area contributed by atoms with E-state index in [-0.39, 0.29) is 5.92 Å². The summed E-state index contributed by atoms with van der Waals surface area (Å²) in [5.74, 6) is 1.83. The standard InChI is InChI=1S/C51H31N3O2S/c1-2-13-30(14-3-1)31-15-10-16-32(27-31)49-52-50(39-22-11-21-36-35-17-4-7-23-41(35)56-48(36)39)54-51(53-49)40-28-33(29-43-46(40)37-18-5-8-24-42(37)55-43)34-20-12-26-45-47(34)38-19-6-9-25-44(38)57-45/h1-19,21-29,34H,20H2. The molecule has 11 aromatic rings. The van der Waals surface area contributed by atoms with Crippen LogP contribution in [0.15, 0.2) is 173 Å². The fourth-order valence-electron chi connectivity index (χ4n) is 8.69. The number of nitrogens with zero attached hydrogens (tertiary/aromatic N) is 3. The largest absolute Gasteiger partial charge is 0.456 e. The average molecular weight is 750 g/mol. The highest BCUT2D eigenvalue weighted by Gasteiger charge is 2.27. The van der Waals surface area contributed by atoms with Crippen molar-refractivity contribution < 1.29 is 8.83 Å². The van der Waals surface area contributed by atoms with E-state index in [1.54, 1.807) is 0 Å². The summed E-state index contributed by atoms with van der Waals surface area (Å²) in [6, 6.07) is 54.7. The molecule has 5 nitrogen and oxygen atoms in total. The molecule has 4 heterocycles. The summed E-state index contributed by atoms with van der Waals surface area (Å²) in [4.78, 5) is 17.3. The van der Waals surface area contributed by atoms with Crippen LogP contribution in [0.5, 0.6) is 0 Å². The Labute approximate surface area is 331 Å². The van der Waals surface area contributed by atoms with Gasteiger partial charge >= 0.3 is 0 Å². The van der Waals surface area contributed by atoms with Gasteiger partial charge in [-0.3, -0.25) is 0 Å². The topological polar surface area (TPSA) is 65.0 Å². The van der Waals surface area contributed by atoms with Crippen LogP contribution in [0.1, 0.15) is 28.3 Å². The summed E-state index contributed by atoms with van der Waals surface area (Å²) in [5, 5.41) is 5.39. The van der Waals surface area contributed by atoms with Crippen molar-refractivity contribution >= 4 is 71.4 Å². The molecule has 1 unspecified atom stereocenters. The molecule has 0 bridgehead atoms. The molecule has 0 N–H and O–H groups in total. The van der Waals surface area contributed by atoms with Gasteiger partial charge in [-0.15, -0.1) is 11.3 Å². The molecule has 0 radical (unpaired) electrons. The van der Waals surface area contributed by atoms with E-state index in [9.17, 15) is 0 Å². The quantitative estimate of drug-likeness (QED) is 0.175. The third kappa shape index (κ3) is 5.18. The number of hydrogen-bond donors (Lipinski definition) is 0. The lowest BCUT2D eigenvalue weighted by molar-refractivity contribution is 0.667. The van der Waals surface area contributed by atoms with Crippen LogP contribution < -0.4 is 0 Å². The van der Waals surface area contributed by atoms with Crippen LogP contribution in [0.4, 0.5) is 0 Å². The fraction of sp³-hybridized carbons (Fsp3) is 0.0392. The van der Waals surface area contributed by atoms with E-state index in [1.165, 1.54) is 26.1 Å². The van der Waals surface area contributed by atoms with Gasteiger partial charge in [0.25, 0.3) is 0 Å². The van der Waals surface area contributed by atoms with Crippen LogP contribution >= 0.6 is 11.3 Å². The summed E-state index contributed by atoms with van der Waals surface area (Å²) in [7, 11) is 0. The van der Waals surface area contributed by atoms with Crippen molar-refractivity contribution in [2.75, 3.05) is 0 Å². The third-order valence-electron chi connectivity index (χ3n) is 11.3. The molecule has 0 amide bonds. The predicted octanol–water partition coefficient (Wildman–Crippen LogP) is 14.1. The van der Waals surface area contributed by atoms with E-state index in [1.807, 2.05) is 53.8 Å². The van der Waals surface area contributed by atoms with Gasteiger partial charge in [0, 0.05) is 48.2 Å². The molecule has 0 spiro atoms. The van der Waals surface area contributed by atoms with Gasteiger partial charge in [0.1, 0.15) is 22.3 Å². The van der Waals surface area contributed by atoms with Gasteiger partial charge in [0.05, 0.1) is 5.56 Å². The Morgan fingerprint density at radius 1 is 0.491 bits per heavy atom. The molecule has 0 saturated heterocycles. The van der Waals surface area contributed by atoms with E-state index in [0.29, 0.717) is 17.5 Å². The van der Waals surface area contributed by atoms with Crippen molar-refractivity contribution in [1.29, 1.82) is 0 Å². The van der Waals surface area contributed by atoms with Crippen molar-refractivity contribution in [2.45, 2.75) is 12.3 Å². The summed E-state index contributed by atoms with van der Waals surface area (Å²) >= 11 is 1.85. The van der Waals surface area contributed by atoms with Gasteiger partial charge in [-0.05, 0) is 82.6 Å². The molecule has 0 saturated carbocycles. The van der Waals surface area contributed by atoms with E-state index in [0.717, 1.165) is 78.1 Å². The molecule has 0 aliphatic heterocycles. The number of hydrogen-bond acceptors (Lipinski definition) is 6. The van der Waals surface area contributed by atoms with Gasteiger partial charge < -0.3 is 8.83 Å². The maximum atomic E-state index is 6.69. The van der Waals surface area contributed by atoms with Gasteiger partial charge in [-0.2, -0.15) is 0 Å². The minimum Gasteiger partial charge on any atom is -0.456 e. The molecule has 1 atom stereocenters.